The van der Waals surface area contributed by atoms with Crippen molar-refractivity contribution in [1.29, 1.82) is 0 Å². The zero-order valence-corrected chi connectivity index (χ0v) is 20.5. The van der Waals surface area contributed by atoms with Crippen LogP contribution in [0.25, 0.3) is 22.3 Å². The van der Waals surface area contributed by atoms with Crippen LogP contribution in [0.3, 0.4) is 0 Å². The third-order valence-corrected chi connectivity index (χ3v) is 6.14. The normalized spacial score (nSPS) is 11.2. The Hall–Kier alpha value is -4.29. The first-order valence-corrected chi connectivity index (χ1v) is 12.4. The lowest BCUT2D eigenvalue weighted by atomic mass is 9.95. The first kappa shape index (κ1) is 24.4. The van der Waals surface area contributed by atoms with Crippen LogP contribution in [-0.4, -0.2) is 29.8 Å². The maximum atomic E-state index is 12.4. The highest BCUT2D eigenvalue weighted by Crippen LogP contribution is 2.26. The zero-order chi connectivity index (χ0) is 25.3. The van der Waals surface area contributed by atoms with Crippen molar-refractivity contribution in [2.24, 2.45) is 0 Å². The molecular formula is C31H28N2O4. The Kier molecular flexibility index (Phi) is 7.98. The lowest BCUT2D eigenvalue weighted by molar-refractivity contribution is 0.0968. The van der Waals surface area contributed by atoms with Crippen LogP contribution in [0.15, 0.2) is 113 Å². The molecule has 0 N–H and O–H groups in total. The number of para-hydroxylation sites is 1. The summed E-state index contributed by atoms with van der Waals surface area (Å²) in [5.41, 5.74) is 3.39. The SMILES string of the molecule is O=c1cc(-c2ccc(OCCOCCCC(c3ccccn3)c3ccccn3)cc2)oc2ccccc12. The van der Waals surface area contributed by atoms with E-state index in [9.17, 15) is 4.79 Å². The quantitative estimate of drug-likeness (QED) is 0.203. The molecule has 3 heterocycles. The summed E-state index contributed by atoms with van der Waals surface area (Å²) in [6.07, 6.45) is 5.44. The van der Waals surface area contributed by atoms with E-state index in [0.717, 1.165) is 35.5 Å². The van der Waals surface area contributed by atoms with Gasteiger partial charge in [-0.1, -0.05) is 24.3 Å². The minimum Gasteiger partial charge on any atom is -0.491 e. The largest absolute Gasteiger partial charge is 0.491 e. The van der Waals surface area contributed by atoms with Gasteiger partial charge >= 0.3 is 0 Å². The van der Waals surface area contributed by atoms with E-state index in [2.05, 4.69) is 9.97 Å². The number of pyridine rings is 2. The van der Waals surface area contributed by atoms with Gasteiger partial charge in [-0.05, 0) is 73.5 Å². The molecule has 0 bridgehead atoms. The Morgan fingerprint density at radius 1 is 0.757 bits per heavy atom. The first-order chi connectivity index (χ1) is 18.3. The molecule has 6 nitrogen and oxygen atoms in total. The van der Waals surface area contributed by atoms with Crippen molar-refractivity contribution < 1.29 is 13.9 Å². The second kappa shape index (κ2) is 12.1. The summed E-state index contributed by atoms with van der Waals surface area (Å²) in [5, 5.41) is 0.579. The number of rotatable bonds is 11. The van der Waals surface area contributed by atoms with Crippen LogP contribution in [0.2, 0.25) is 0 Å². The predicted octanol–water partition coefficient (Wildman–Crippen LogP) is 6.26. The van der Waals surface area contributed by atoms with E-state index in [0.29, 0.717) is 36.6 Å². The van der Waals surface area contributed by atoms with Gasteiger partial charge in [0.05, 0.1) is 12.0 Å². The molecule has 6 heteroatoms. The van der Waals surface area contributed by atoms with Gasteiger partial charge in [0.2, 0.25) is 0 Å². The molecule has 0 aliphatic heterocycles. The summed E-state index contributed by atoms with van der Waals surface area (Å²) >= 11 is 0. The molecule has 0 fully saturated rings. The van der Waals surface area contributed by atoms with Crippen molar-refractivity contribution in [1.82, 2.24) is 9.97 Å². The van der Waals surface area contributed by atoms with Gasteiger partial charge in [0, 0.05) is 47.9 Å². The molecule has 0 amide bonds. The van der Waals surface area contributed by atoms with Crippen molar-refractivity contribution >= 4 is 11.0 Å². The Bertz CT molecular complexity index is 1430. The van der Waals surface area contributed by atoms with E-state index >= 15 is 0 Å². The Balaban J connectivity index is 1.08. The highest BCUT2D eigenvalue weighted by atomic mass is 16.5. The summed E-state index contributed by atoms with van der Waals surface area (Å²) in [5.74, 6) is 1.42. The minimum atomic E-state index is -0.0549. The fourth-order valence-electron chi connectivity index (χ4n) is 4.28. The molecule has 0 aliphatic rings. The second-order valence-electron chi connectivity index (χ2n) is 8.66. The van der Waals surface area contributed by atoms with Gasteiger partial charge in [0.15, 0.2) is 5.43 Å². The fraction of sp³-hybridized carbons (Fsp3) is 0.194. The maximum absolute atomic E-state index is 12.4. The molecule has 0 aliphatic carbocycles. The van der Waals surface area contributed by atoms with E-state index in [1.807, 2.05) is 85.2 Å². The molecule has 186 valence electrons. The van der Waals surface area contributed by atoms with Crippen LogP contribution >= 0.6 is 0 Å². The third-order valence-electron chi connectivity index (χ3n) is 6.14. The van der Waals surface area contributed by atoms with Crippen molar-refractivity contribution in [3.8, 4) is 17.1 Å². The van der Waals surface area contributed by atoms with Gasteiger partial charge in [0.1, 0.15) is 23.7 Å². The number of hydrogen-bond donors (Lipinski definition) is 0. The number of aromatic nitrogens is 2. The van der Waals surface area contributed by atoms with Crippen molar-refractivity contribution in [2.45, 2.75) is 18.8 Å². The van der Waals surface area contributed by atoms with Gasteiger partial charge < -0.3 is 13.9 Å². The maximum Gasteiger partial charge on any atom is 0.193 e. The van der Waals surface area contributed by atoms with E-state index in [-0.39, 0.29) is 11.3 Å². The van der Waals surface area contributed by atoms with Gasteiger partial charge in [-0.15, -0.1) is 0 Å². The Morgan fingerprint density at radius 3 is 2.16 bits per heavy atom. The van der Waals surface area contributed by atoms with E-state index in [4.69, 9.17) is 13.9 Å². The van der Waals surface area contributed by atoms with Crippen LogP contribution in [0.4, 0.5) is 0 Å². The van der Waals surface area contributed by atoms with Gasteiger partial charge in [-0.2, -0.15) is 0 Å². The molecular weight excluding hydrogens is 464 g/mol. The van der Waals surface area contributed by atoms with E-state index < -0.39 is 0 Å². The molecule has 0 unspecified atom stereocenters. The average Bonchev–Trinajstić information content (AvgIpc) is 2.96. The van der Waals surface area contributed by atoms with Crippen LogP contribution in [0.1, 0.15) is 30.1 Å². The van der Waals surface area contributed by atoms with Crippen LogP contribution in [0, 0.1) is 0 Å². The van der Waals surface area contributed by atoms with E-state index in [1.165, 1.54) is 6.07 Å². The van der Waals surface area contributed by atoms with Gasteiger partial charge in [-0.3, -0.25) is 14.8 Å². The standard InChI is InChI=1S/C31H28N2O4/c34-29-22-31(37-30-12-2-1-8-26(29)30)23-13-15-24(16-14-23)36-21-20-35-19-7-9-25(27-10-3-5-17-32-27)28-11-4-6-18-33-28/h1-6,8,10-18,22,25H,7,9,19-21H2. The van der Waals surface area contributed by atoms with Crippen LogP contribution < -0.4 is 10.2 Å². The molecule has 37 heavy (non-hydrogen) atoms. The minimum absolute atomic E-state index is 0.0549. The van der Waals surface area contributed by atoms with Crippen molar-refractivity contribution in [2.75, 3.05) is 19.8 Å². The number of fused-ring (bicyclic) bond motifs is 1. The van der Waals surface area contributed by atoms with Crippen molar-refractivity contribution in [3.05, 3.63) is 125 Å². The predicted molar refractivity (Wildman–Crippen MR) is 144 cm³/mol. The molecule has 5 aromatic rings. The summed E-state index contributed by atoms with van der Waals surface area (Å²) in [4.78, 5) is 21.4. The molecule has 3 aromatic heterocycles. The first-order valence-electron chi connectivity index (χ1n) is 12.4. The molecule has 0 saturated heterocycles. The van der Waals surface area contributed by atoms with Crippen LogP contribution in [0.5, 0.6) is 5.75 Å². The number of benzene rings is 2. The Morgan fingerprint density at radius 2 is 1.46 bits per heavy atom. The summed E-state index contributed by atoms with van der Waals surface area (Å²) < 4.78 is 17.5. The fourth-order valence-corrected chi connectivity index (χ4v) is 4.28. The third kappa shape index (κ3) is 6.29. The molecule has 0 saturated carbocycles. The van der Waals surface area contributed by atoms with Crippen LogP contribution in [-0.2, 0) is 4.74 Å². The molecule has 2 aromatic carbocycles. The smallest absolute Gasteiger partial charge is 0.193 e. The topological polar surface area (TPSA) is 74.5 Å². The zero-order valence-electron chi connectivity index (χ0n) is 20.5. The monoisotopic (exact) mass is 492 g/mol. The van der Waals surface area contributed by atoms with Gasteiger partial charge in [0.25, 0.3) is 0 Å². The Labute approximate surface area is 215 Å². The molecule has 0 radical (unpaired) electrons. The molecule has 0 atom stereocenters. The van der Waals surface area contributed by atoms with E-state index in [1.54, 1.807) is 12.1 Å². The highest BCUT2D eigenvalue weighted by molar-refractivity contribution is 5.78. The molecule has 0 spiro atoms. The summed E-state index contributed by atoms with van der Waals surface area (Å²) in [6, 6.07) is 28.3. The number of ether oxygens (including phenoxy) is 2. The summed E-state index contributed by atoms with van der Waals surface area (Å²) in [7, 11) is 0. The number of hydrogen-bond acceptors (Lipinski definition) is 6. The number of nitrogens with zero attached hydrogens (tertiary/aromatic N) is 2. The lowest BCUT2D eigenvalue weighted by Gasteiger charge is -2.16. The average molecular weight is 493 g/mol. The molecule has 5 rings (SSSR count). The summed E-state index contributed by atoms with van der Waals surface area (Å²) in [6.45, 7) is 1.59. The van der Waals surface area contributed by atoms with Gasteiger partial charge in [-0.25, -0.2) is 0 Å². The second-order valence-corrected chi connectivity index (χ2v) is 8.66. The lowest BCUT2D eigenvalue weighted by Crippen LogP contribution is -2.10. The van der Waals surface area contributed by atoms with Crippen molar-refractivity contribution in [3.63, 3.8) is 0 Å². The highest BCUT2D eigenvalue weighted by Gasteiger charge is 2.16.